The molecule has 0 saturated carbocycles. The molecule has 7 nitrogen and oxygen atoms in total. The van der Waals surface area contributed by atoms with Gasteiger partial charge in [-0.2, -0.15) is 4.52 Å². The number of nitrogens with zero attached hydrogens (tertiary/aromatic N) is 3. The fourth-order valence-corrected chi connectivity index (χ4v) is 16.3. The minimum atomic E-state index is -3.17. The van der Waals surface area contributed by atoms with Gasteiger partial charge in [0.05, 0.1) is 4.60 Å². The van der Waals surface area contributed by atoms with Crippen LogP contribution in [0.5, 0.6) is 23.0 Å². The molecule has 220 valence electrons. The number of allylic oxidation sites excluding steroid dienone is 3. The van der Waals surface area contributed by atoms with Crippen LogP contribution in [-0.4, -0.2) is 27.7 Å². The van der Waals surface area contributed by atoms with Gasteiger partial charge in [0.25, 0.3) is 0 Å². The highest BCUT2D eigenvalue weighted by atomic mass is 31.3. The monoisotopic (exact) mass is 630 g/mol. The number of hydrogen-bond donors (Lipinski definition) is 0. The minimum Gasteiger partial charge on any atom is -0.435 e. The molecule has 1 aliphatic rings. The van der Waals surface area contributed by atoms with Crippen LogP contribution in [-0.2, 0) is 0 Å². The molecule has 0 aromatic heterocycles. The smallest absolute Gasteiger partial charge is 0.424 e. The van der Waals surface area contributed by atoms with Crippen LogP contribution < -0.4 is 18.7 Å². The van der Waals surface area contributed by atoms with Crippen LogP contribution in [0.1, 0.15) is 0 Å². The highest BCUT2D eigenvalue weighted by Gasteiger charge is 2.70. The van der Waals surface area contributed by atoms with E-state index >= 15 is 0 Å². The number of rotatable bonds is 14. The van der Waals surface area contributed by atoms with Crippen LogP contribution in [0.2, 0.25) is 0 Å². The first-order valence-electron chi connectivity index (χ1n) is 13.8. The largest absolute Gasteiger partial charge is 0.435 e. The zero-order valence-electron chi connectivity index (χ0n) is 23.8. The van der Waals surface area contributed by atoms with Crippen molar-refractivity contribution in [3.8, 4) is 23.0 Å². The first kappa shape index (κ1) is 30.8. The summed E-state index contributed by atoms with van der Waals surface area (Å²) in [7, 11) is -7.60. The summed E-state index contributed by atoms with van der Waals surface area (Å²) in [5.41, 5.74) is 0. The molecule has 0 saturated heterocycles. The molecule has 0 amide bonds. The third-order valence-electron chi connectivity index (χ3n) is 6.24. The lowest BCUT2D eigenvalue weighted by Crippen LogP contribution is -2.43. The maximum atomic E-state index is 7.15. The zero-order valence-corrected chi connectivity index (χ0v) is 26.5. The molecule has 0 spiro atoms. The van der Waals surface area contributed by atoms with Crippen molar-refractivity contribution in [2.75, 3.05) is 18.5 Å². The van der Waals surface area contributed by atoms with Gasteiger partial charge in [-0.05, 0) is 54.6 Å². The average Bonchev–Trinajstić information content (AvgIpc) is 3.04. The first-order valence-corrected chi connectivity index (χ1v) is 18.8. The van der Waals surface area contributed by atoms with Crippen LogP contribution in [0, 0.1) is 0 Å². The molecule has 1 aliphatic heterocycles. The van der Waals surface area contributed by atoms with Crippen molar-refractivity contribution in [1.29, 1.82) is 0 Å². The van der Waals surface area contributed by atoms with Crippen molar-refractivity contribution in [1.82, 2.24) is 9.21 Å². The van der Waals surface area contributed by atoms with E-state index in [4.69, 9.17) is 23.2 Å². The van der Waals surface area contributed by atoms with E-state index in [9.17, 15) is 0 Å². The molecular formula is C33H35N3O4P3+. The standard InChI is InChI=1S/C33H35N3O4P3/c1-4-27-42(28-5-2)34-41(39-32-23-15-9-16-24-32)35(37-30-19-11-7-12-20-30)43(29-6-3,40-33-25-17-10-18-26-33)36(42)38-31-21-13-8-14-22-31/h4-26H,1-3,27-29H2/q+1. The topological polar surface area (TPSA) is 55.8 Å². The Hall–Kier alpha value is -3.69. The molecule has 10 heteroatoms. The molecule has 43 heavy (non-hydrogen) atoms. The molecule has 2 unspecified atom stereocenters. The van der Waals surface area contributed by atoms with Gasteiger partial charge >= 0.3 is 16.2 Å². The van der Waals surface area contributed by atoms with Crippen LogP contribution in [0.3, 0.4) is 0 Å². The lowest BCUT2D eigenvalue weighted by Gasteiger charge is -2.46. The van der Waals surface area contributed by atoms with Gasteiger partial charge < -0.3 is 18.7 Å². The average molecular weight is 631 g/mol. The van der Waals surface area contributed by atoms with Gasteiger partial charge in [0.1, 0.15) is 17.6 Å². The van der Waals surface area contributed by atoms with Crippen molar-refractivity contribution in [3.05, 3.63) is 159 Å². The van der Waals surface area contributed by atoms with E-state index in [0.717, 1.165) is 0 Å². The summed E-state index contributed by atoms with van der Waals surface area (Å²) in [6, 6.07) is 38.6. The minimum absolute atomic E-state index is 0.379. The normalized spacial score (nSPS) is 19.8. The van der Waals surface area contributed by atoms with Crippen molar-refractivity contribution in [2.24, 2.45) is 4.52 Å². The summed E-state index contributed by atoms with van der Waals surface area (Å²) in [5, 5.41) is 0. The lowest BCUT2D eigenvalue weighted by molar-refractivity contribution is 0.0576. The highest BCUT2D eigenvalue weighted by Crippen LogP contribution is 2.86. The van der Waals surface area contributed by atoms with Crippen LogP contribution in [0.15, 0.2) is 164 Å². The summed E-state index contributed by atoms with van der Waals surface area (Å²) in [4.78, 5) is 13.6. The number of hydrogen-bond acceptors (Lipinski definition) is 7. The van der Waals surface area contributed by atoms with Crippen LogP contribution in [0.25, 0.3) is 0 Å². The van der Waals surface area contributed by atoms with Gasteiger partial charge in [0.15, 0.2) is 23.4 Å². The van der Waals surface area contributed by atoms with Gasteiger partial charge in [-0.25, -0.2) is 0 Å². The third-order valence-corrected chi connectivity index (χ3v) is 16.9. The molecule has 4 aromatic rings. The van der Waals surface area contributed by atoms with Gasteiger partial charge in [0, 0.05) is 12.3 Å². The Morgan fingerprint density at radius 3 is 1.58 bits per heavy atom. The van der Waals surface area contributed by atoms with Gasteiger partial charge in [-0.15, -0.1) is 13.2 Å². The Balaban J connectivity index is 1.80. The molecule has 0 N–H and O–H groups in total. The van der Waals surface area contributed by atoms with Crippen molar-refractivity contribution < 1.29 is 18.7 Å². The second-order valence-electron chi connectivity index (χ2n) is 9.42. The molecule has 2 atom stereocenters. The number of benzene rings is 4. The third kappa shape index (κ3) is 7.11. The quantitative estimate of drug-likeness (QED) is 0.102. The summed E-state index contributed by atoms with van der Waals surface area (Å²) >= 11 is 0. The highest BCUT2D eigenvalue weighted by molar-refractivity contribution is 7.88. The van der Waals surface area contributed by atoms with Crippen molar-refractivity contribution >= 4 is 23.4 Å². The Bertz CT molecular complexity index is 1530. The molecular weight excluding hydrogens is 595 g/mol. The van der Waals surface area contributed by atoms with Gasteiger partial charge in [-0.1, -0.05) is 91.5 Å². The molecule has 1 heterocycles. The Kier molecular flexibility index (Phi) is 10.5. The van der Waals surface area contributed by atoms with E-state index in [0.29, 0.717) is 41.5 Å². The maximum Gasteiger partial charge on any atom is 0.424 e. The fraction of sp³-hybridized carbons (Fsp3) is 0.0909. The summed E-state index contributed by atoms with van der Waals surface area (Å²) < 4.78 is 23.1. The molecule has 0 bridgehead atoms. The van der Waals surface area contributed by atoms with Crippen LogP contribution in [0.4, 0.5) is 0 Å². The number of para-hydroxylation sites is 4. The summed E-state index contributed by atoms with van der Waals surface area (Å²) in [5.74, 6) is 2.59. The second-order valence-corrected chi connectivity index (χ2v) is 17.3. The van der Waals surface area contributed by atoms with E-state index in [1.165, 1.54) is 0 Å². The SMILES string of the molecule is C=CCP1(CC=C)=NP(Oc2ccccc2)N(Oc2ccccc2)[P+](CC=C)(Oc2ccccc2)N1Oc1ccccc1. The predicted molar refractivity (Wildman–Crippen MR) is 180 cm³/mol. The fourth-order valence-electron chi connectivity index (χ4n) is 4.44. The molecule has 5 rings (SSSR count). The van der Waals surface area contributed by atoms with E-state index in [1.54, 1.807) is 4.60 Å². The predicted octanol–water partition coefficient (Wildman–Crippen LogP) is 10.4. The molecule has 0 fully saturated rings. The lowest BCUT2D eigenvalue weighted by atomic mass is 10.3. The Labute approximate surface area is 256 Å². The first-order chi connectivity index (χ1) is 21.1. The Morgan fingerprint density at radius 1 is 0.628 bits per heavy atom. The van der Waals surface area contributed by atoms with Gasteiger partial charge in [-0.3, -0.25) is 0 Å². The second kappa shape index (κ2) is 14.7. The van der Waals surface area contributed by atoms with E-state index in [-0.39, 0.29) is 0 Å². The van der Waals surface area contributed by atoms with Crippen molar-refractivity contribution in [2.45, 2.75) is 0 Å². The Morgan fingerprint density at radius 2 is 1.09 bits per heavy atom. The zero-order chi connectivity index (χ0) is 30.0. The summed E-state index contributed by atoms with van der Waals surface area (Å²) in [6.45, 7) is 12.4. The van der Waals surface area contributed by atoms with E-state index in [1.807, 2.05) is 144 Å². The molecule has 0 aliphatic carbocycles. The maximum absolute atomic E-state index is 7.15. The molecule has 4 aromatic carbocycles. The van der Waals surface area contributed by atoms with Gasteiger partial charge in [0.2, 0.25) is 0 Å². The van der Waals surface area contributed by atoms with Crippen LogP contribution >= 0.6 is 23.4 Å². The van der Waals surface area contributed by atoms with E-state index < -0.39 is 23.4 Å². The summed E-state index contributed by atoms with van der Waals surface area (Å²) in [6.07, 6.45) is 7.08. The van der Waals surface area contributed by atoms with E-state index in [2.05, 4.69) is 19.7 Å². The molecule has 0 radical (unpaired) electrons. The van der Waals surface area contributed by atoms with Crippen molar-refractivity contribution in [3.63, 3.8) is 0 Å².